The fourth-order valence-electron chi connectivity index (χ4n) is 3.35. The van der Waals surface area contributed by atoms with E-state index in [0.717, 1.165) is 35.3 Å². The molecule has 0 atom stereocenters. The molecule has 0 saturated carbocycles. The number of nitrogens with zero attached hydrogens (tertiary/aromatic N) is 2. The monoisotopic (exact) mass is 347 g/mol. The van der Waals surface area contributed by atoms with Crippen LogP contribution in [0.15, 0.2) is 64.1 Å². The molecule has 2 aromatic carbocycles. The minimum Gasteiger partial charge on any atom is -0.440 e. The summed E-state index contributed by atoms with van der Waals surface area (Å²) in [7, 11) is 0. The molecular weight excluding hydrogens is 326 g/mol. The minimum absolute atomic E-state index is 0.149. The number of hydrazone groups is 1. The molecule has 3 aromatic rings. The van der Waals surface area contributed by atoms with Crippen molar-refractivity contribution in [3.05, 3.63) is 65.9 Å². The average Bonchev–Trinajstić information content (AvgIpc) is 3.34. The zero-order valence-electron chi connectivity index (χ0n) is 14.5. The second-order valence-electron chi connectivity index (χ2n) is 6.48. The second-order valence-corrected chi connectivity index (χ2v) is 6.48. The number of anilines is 1. The molecule has 5 nitrogen and oxygen atoms in total. The van der Waals surface area contributed by atoms with Crippen molar-refractivity contribution in [1.82, 2.24) is 5.43 Å². The highest BCUT2D eigenvalue weighted by Gasteiger charge is 2.15. The van der Waals surface area contributed by atoms with Crippen molar-refractivity contribution in [2.24, 2.45) is 5.10 Å². The van der Waals surface area contributed by atoms with E-state index in [1.54, 1.807) is 6.21 Å². The summed E-state index contributed by atoms with van der Waals surface area (Å²) in [4.78, 5) is 14.4. The summed E-state index contributed by atoms with van der Waals surface area (Å²) in [6, 6.07) is 17.9. The Balaban J connectivity index is 1.37. The third kappa shape index (κ3) is 3.61. The highest BCUT2D eigenvalue weighted by molar-refractivity contribution is 5.90. The van der Waals surface area contributed by atoms with Gasteiger partial charge in [-0.25, -0.2) is 5.43 Å². The van der Waals surface area contributed by atoms with Crippen LogP contribution in [0.1, 0.15) is 24.2 Å². The van der Waals surface area contributed by atoms with Gasteiger partial charge in [0.05, 0.1) is 12.6 Å². The molecule has 1 N–H and O–H groups in total. The van der Waals surface area contributed by atoms with Crippen molar-refractivity contribution in [3.63, 3.8) is 0 Å². The molecule has 1 aliphatic rings. The highest BCUT2D eigenvalue weighted by Crippen LogP contribution is 2.22. The summed E-state index contributed by atoms with van der Waals surface area (Å²) in [6.07, 6.45) is 4.24. The lowest BCUT2D eigenvalue weighted by atomic mass is 10.0. The first-order valence-corrected chi connectivity index (χ1v) is 8.93. The van der Waals surface area contributed by atoms with Crippen LogP contribution >= 0.6 is 0 Å². The number of hydrogen-bond acceptors (Lipinski definition) is 4. The number of nitrogens with one attached hydrogen (secondary N) is 1. The summed E-state index contributed by atoms with van der Waals surface area (Å²) >= 11 is 0. The average molecular weight is 347 g/mol. The zero-order valence-corrected chi connectivity index (χ0v) is 14.5. The number of rotatable bonds is 5. The van der Waals surface area contributed by atoms with E-state index in [9.17, 15) is 4.79 Å². The molecule has 1 aliphatic heterocycles. The number of amides is 1. The number of benzene rings is 2. The van der Waals surface area contributed by atoms with E-state index in [1.807, 2.05) is 54.6 Å². The van der Waals surface area contributed by atoms with Crippen LogP contribution in [0.25, 0.3) is 10.8 Å². The van der Waals surface area contributed by atoms with Gasteiger partial charge in [-0.2, -0.15) is 5.10 Å². The van der Waals surface area contributed by atoms with Gasteiger partial charge in [0.1, 0.15) is 5.76 Å². The van der Waals surface area contributed by atoms with E-state index in [0.29, 0.717) is 5.76 Å². The highest BCUT2D eigenvalue weighted by atomic mass is 16.4. The van der Waals surface area contributed by atoms with Crippen LogP contribution in [-0.2, 0) is 11.2 Å². The van der Waals surface area contributed by atoms with Gasteiger partial charge in [-0.15, -0.1) is 0 Å². The van der Waals surface area contributed by atoms with Gasteiger partial charge < -0.3 is 9.32 Å². The van der Waals surface area contributed by atoms with Crippen molar-refractivity contribution >= 4 is 28.8 Å². The van der Waals surface area contributed by atoms with Crippen molar-refractivity contribution < 1.29 is 9.21 Å². The lowest BCUT2D eigenvalue weighted by Gasteiger charge is -2.12. The van der Waals surface area contributed by atoms with E-state index in [4.69, 9.17) is 4.42 Å². The van der Waals surface area contributed by atoms with E-state index in [2.05, 4.69) is 15.4 Å². The van der Waals surface area contributed by atoms with Crippen LogP contribution in [0.5, 0.6) is 0 Å². The lowest BCUT2D eigenvalue weighted by molar-refractivity contribution is -0.120. The predicted octanol–water partition coefficient (Wildman–Crippen LogP) is 3.73. The van der Waals surface area contributed by atoms with Gasteiger partial charge in [-0.3, -0.25) is 4.79 Å². The summed E-state index contributed by atoms with van der Waals surface area (Å²) in [5.74, 6) is 1.35. The molecular formula is C21H21N3O2. The van der Waals surface area contributed by atoms with Gasteiger partial charge >= 0.3 is 0 Å². The van der Waals surface area contributed by atoms with Crippen molar-refractivity contribution in [2.75, 3.05) is 18.0 Å². The molecule has 1 fully saturated rings. The van der Waals surface area contributed by atoms with Crippen LogP contribution in [-0.4, -0.2) is 25.2 Å². The second kappa shape index (κ2) is 7.44. The van der Waals surface area contributed by atoms with Crippen molar-refractivity contribution in [1.29, 1.82) is 0 Å². The molecule has 2 heterocycles. The Labute approximate surface area is 152 Å². The van der Waals surface area contributed by atoms with Crippen LogP contribution < -0.4 is 10.3 Å². The largest absolute Gasteiger partial charge is 0.440 e. The lowest BCUT2D eigenvalue weighted by Crippen LogP contribution is -2.19. The minimum atomic E-state index is -0.149. The fourth-order valence-corrected chi connectivity index (χ4v) is 3.35. The summed E-state index contributed by atoms with van der Waals surface area (Å²) < 4.78 is 5.75. The van der Waals surface area contributed by atoms with Gasteiger partial charge in [0.2, 0.25) is 5.91 Å². The molecule has 0 radical (unpaired) electrons. The maximum absolute atomic E-state index is 12.2. The molecule has 4 rings (SSSR count). The van der Waals surface area contributed by atoms with Gasteiger partial charge in [-0.05, 0) is 35.2 Å². The van der Waals surface area contributed by atoms with Crippen LogP contribution in [0, 0.1) is 0 Å². The summed E-state index contributed by atoms with van der Waals surface area (Å²) in [6.45, 7) is 2.07. The van der Waals surface area contributed by atoms with Crippen LogP contribution in [0.3, 0.4) is 0 Å². The van der Waals surface area contributed by atoms with Crippen molar-refractivity contribution in [3.8, 4) is 0 Å². The third-order valence-electron chi connectivity index (χ3n) is 4.64. The Hall–Kier alpha value is -3.08. The molecule has 132 valence electrons. The number of carbonyl (C=O) groups is 1. The first kappa shape index (κ1) is 16.4. The molecule has 0 bridgehead atoms. The quantitative estimate of drug-likeness (QED) is 0.565. The van der Waals surface area contributed by atoms with Crippen LogP contribution in [0.4, 0.5) is 5.88 Å². The van der Waals surface area contributed by atoms with E-state index in [-0.39, 0.29) is 12.3 Å². The third-order valence-corrected chi connectivity index (χ3v) is 4.64. The molecule has 1 saturated heterocycles. The van der Waals surface area contributed by atoms with E-state index < -0.39 is 0 Å². The number of fused-ring (bicyclic) bond motifs is 1. The molecule has 0 aliphatic carbocycles. The maximum Gasteiger partial charge on any atom is 0.244 e. The Kier molecular flexibility index (Phi) is 4.69. The molecule has 5 heteroatoms. The molecule has 0 spiro atoms. The Bertz CT molecular complexity index is 934. The summed E-state index contributed by atoms with van der Waals surface area (Å²) in [5, 5.41) is 6.24. The van der Waals surface area contributed by atoms with Gasteiger partial charge in [0.25, 0.3) is 0 Å². The van der Waals surface area contributed by atoms with Gasteiger partial charge in [-0.1, -0.05) is 42.5 Å². The molecule has 1 aromatic heterocycles. The zero-order chi connectivity index (χ0) is 17.8. The number of carbonyl (C=O) groups excluding carboxylic acids is 1. The SMILES string of the molecule is O=C(Cc1cccc2ccccc12)N/N=C\c1ccc(N2CCCC2)o1. The molecule has 0 unspecified atom stereocenters. The van der Waals surface area contributed by atoms with Crippen LogP contribution in [0.2, 0.25) is 0 Å². The first-order chi connectivity index (χ1) is 12.8. The van der Waals surface area contributed by atoms with E-state index >= 15 is 0 Å². The topological polar surface area (TPSA) is 57.8 Å². The normalized spacial score (nSPS) is 14.4. The number of furan rings is 1. The Morgan fingerprint density at radius 1 is 1.08 bits per heavy atom. The molecule has 1 amide bonds. The standard InChI is InChI=1S/C21H21N3O2/c25-20(14-17-8-5-7-16-6-1-2-9-19(16)17)23-22-15-18-10-11-21(26-18)24-12-3-4-13-24/h1-2,5-11,15H,3-4,12-14H2,(H,23,25)/b22-15-. The molecule has 26 heavy (non-hydrogen) atoms. The fraction of sp³-hybridized carbons (Fsp3) is 0.238. The maximum atomic E-state index is 12.2. The Morgan fingerprint density at radius 3 is 2.77 bits per heavy atom. The smallest absolute Gasteiger partial charge is 0.244 e. The summed E-state index contributed by atoms with van der Waals surface area (Å²) in [5.41, 5.74) is 3.57. The Morgan fingerprint density at radius 2 is 1.88 bits per heavy atom. The van der Waals surface area contributed by atoms with Gasteiger partial charge in [0.15, 0.2) is 5.88 Å². The van der Waals surface area contributed by atoms with E-state index in [1.165, 1.54) is 12.8 Å². The predicted molar refractivity (Wildman–Crippen MR) is 104 cm³/mol. The first-order valence-electron chi connectivity index (χ1n) is 8.93. The van der Waals surface area contributed by atoms with Gasteiger partial charge in [0, 0.05) is 19.2 Å². The van der Waals surface area contributed by atoms with Crippen molar-refractivity contribution in [2.45, 2.75) is 19.3 Å². The number of hydrogen-bond donors (Lipinski definition) is 1.